The molecule has 1 aromatic heterocycles. The SMILES string of the molecule is CC1CCCC1n1ncc(-c2ccc(CS(=O)O)cc2)c(-c2ccc(F)cc2)c1=O. The van der Waals surface area contributed by atoms with E-state index >= 15 is 0 Å². The van der Waals surface area contributed by atoms with Gasteiger partial charge in [-0.05, 0) is 47.6 Å². The van der Waals surface area contributed by atoms with E-state index in [0.717, 1.165) is 30.4 Å². The van der Waals surface area contributed by atoms with Crippen LogP contribution in [0.1, 0.15) is 37.8 Å². The minimum absolute atomic E-state index is 0.0461. The van der Waals surface area contributed by atoms with Crippen LogP contribution in [-0.4, -0.2) is 18.5 Å². The Kier molecular flexibility index (Phi) is 5.92. The fourth-order valence-corrected chi connectivity index (χ4v) is 4.71. The predicted octanol–water partition coefficient (Wildman–Crippen LogP) is 4.80. The van der Waals surface area contributed by atoms with Gasteiger partial charge in [0.05, 0.1) is 23.6 Å². The second-order valence-corrected chi connectivity index (χ2v) is 8.76. The molecule has 30 heavy (non-hydrogen) atoms. The average Bonchev–Trinajstić information content (AvgIpc) is 3.14. The summed E-state index contributed by atoms with van der Waals surface area (Å²) in [5.74, 6) is 0.0612. The highest BCUT2D eigenvalue weighted by Crippen LogP contribution is 2.35. The highest BCUT2D eigenvalue weighted by molar-refractivity contribution is 7.78. The van der Waals surface area contributed by atoms with Crippen molar-refractivity contribution in [3.05, 3.63) is 76.5 Å². The quantitative estimate of drug-likeness (QED) is 0.595. The summed E-state index contributed by atoms with van der Waals surface area (Å²) in [7, 11) is 0. The lowest BCUT2D eigenvalue weighted by molar-refractivity contribution is 0.360. The van der Waals surface area contributed by atoms with Crippen LogP contribution in [0.25, 0.3) is 22.3 Å². The van der Waals surface area contributed by atoms with Crippen molar-refractivity contribution in [2.45, 2.75) is 38.0 Å². The maximum absolute atomic E-state index is 13.5. The van der Waals surface area contributed by atoms with Crippen molar-refractivity contribution in [1.82, 2.24) is 9.78 Å². The molecule has 1 aliphatic rings. The molecule has 1 saturated carbocycles. The molecule has 0 bridgehead atoms. The van der Waals surface area contributed by atoms with Crippen LogP contribution in [0, 0.1) is 11.7 Å². The third-order valence-corrected chi connectivity index (χ3v) is 6.40. The summed E-state index contributed by atoms with van der Waals surface area (Å²) in [6, 6.07) is 13.1. The Hall–Kier alpha value is -2.64. The van der Waals surface area contributed by atoms with E-state index in [1.165, 1.54) is 12.1 Å². The molecule has 2 aromatic carbocycles. The molecule has 156 valence electrons. The Bertz CT molecular complexity index is 1130. The van der Waals surface area contributed by atoms with Crippen molar-refractivity contribution < 1.29 is 13.2 Å². The number of halogens is 1. The Morgan fingerprint density at radius 2 is 1.77 bits per heavy atom. The van der Waals surface area contributed by atoms with Crippen LogP contribution in [0.4, 0.5) is 4.39 Å². The van der Waals surface area contributed by atoms with Crippen molar-refractivity contribution in [2.24, 2.45) is 5.92 Å². The van der Waals surface area contributed by atoms with Gasteiger partial charge in [-0.15, -0.1) is 0 Å². The van der Waals surface area contributed by atoms with Gasteiger partial charge in [0.2, 0.25) is 0 Å². The monoisotopic (exact) mass is 426 g/mol. The molecule has 1 heterocycles. The number of nitrogens with zero attached hydrogens (tertiary/aromatic N) is 2. The highest BCUT2D eigenvalue weighted by atomic mass is 32.2. The zero-order valence-electron chi connectivity index (χ0n) is 16.6. The zero-order chi connectivity index (χ0) is 21.3. The van der Waals surface area contributed by atoms with Crippen LogP contribution >= 0.6 is 0 Å². The molecule has 0 aliphatic heterocycles. The van der Waals surface area contributed by atoms with Gasteiger partial charge in [-0.25, -0.2) is 13.3 Å². The molecule has 4 rings (SSSR count). The molecule has 1 aliphatic carbocycles. The van der Waals surface area contributed by atoms with Crippen molar-refractivity contribution >= 4 is 11.1 Å². The van der Waals surface area contributed by atoms with Crippen molar-refractivity contribution in [1.29, 1.82) is 0 Å². The number of benzene rings is 2. The van der Waals surface area contributed by atoms with Gasteiger partial charge in [-0.3, -0.25) is 4.79 Å². The van der Waals surface area contributed by atoms with Crippen molar-refractivity contribution in [3.63, 3.8) is 0 Å². The van der Waals surface area contributed by atoms with Gasteiger partial charge in [-0.2, -0.15) is 5.10 Å². The molecule has 5 nitrogen and oxygen atoms in total. The number of rotatable bonds is 5. The number of hydrogen-bond donors (Lipinski definition) is 1. The van der Waals surface area contributed by atoms with Gasteiger partial charge in [0, 0.05) is 5.56 Å². The molecule has 3 aromatic rings. The fraction of sp³-hybridized carbons (Fsp3) is 0.304. The molecular formula is C23H23FN2O3S. The summed E-state index contributed by atoms with van der Waals surface area (Å²) in [5, 5.41) is 4.50. The second kappa shape index (κ2) is 8.62. The minimum Gasteiger partial charge on any atom is -0.306 e. The molecule has 0 spiro atoms. The molecule has 3 atom stereocenters. The molecule has 0 radical (unpaired) electrons. The lowest BCUT2D eigenvalue weighted by Gasteiger charge is -2.20. The fourth-order valence-electron chi connectivity index (χ4n) is 4.23. The first-order valence-electron chi connectivity index (χ1n) is 9.98. The highest BCUT2D eigenvalue weighted by Gasteiger charge is 2.28. The molecule has 1 fully saturated rings. The summed E-state index contributed by atoms with van der Waals surface area (Å²) in [5.41, 5.74) is 3.10. The summed E-state index contributed by atoms with van der Waals surface area (Å²) >= 11 is -1.92. The van der Waals surface area contributed by atoms with Gasteiger partial charge >= 0.3 is 0 Å². The van der Waals surface area contributed by atoms with Crippen LogP contribution in [0.15, 0.2) is 59.5 Å². The normalized spacial score (nSPS) is 19.7. The minimum atomic E-state index is -1.92. The Morgan fingerprint density at radius 1 is 1.10 bits per heavy atom. The Balaban J connectivity index is 1.85. The topological polar surface area (TPSA) is 72.2 Å². The molecular weight excluding hydrogens is 403 g/mol. The van der Waals surface area contributed by atoms with E-state index in [0.29, 0.717) is 22.6 Å². The Labute approximate surface area is 176 Å². The van der Waals surface area contributed by atoms with Gasteiger partial charge in [-0.1, -0.05) is 49.7 Å². The standard InChI is InChI=1S/C23H23FN2O3S/c1-15-3-2-4-21(15)26-23(27)22(18-9-11-19(24)12-10-18)20(13-25-26)17-7-5-16(6-8-17)14-30(28)29/h5-13,15,21H,2-4,14H2,1H3,(H,28,29). The predicted molar refractivity (Wildman–Crippen MR) is 116 cm³/mol. The lowest BCUT2D eigenvalue weighted by atomic mass is 9.96. The van der Waals surface area contributed by atoms with Crippen LogP contribution in [0.3, 0.4) is 0 Å². The first-order valence-corrected chi connectivity index (χ1v) is 11.3. The van der Waals surface area contributed by atoms with Crippen LogP contribution in [-0.2, 0) is 16.8 Å². The van der Waals surface area contributed by atoms with Gasteiger partial charge in [0.15, 0.2) is 11.1 Å². The van der Waals surface area contributed by atoms with E-state index in [9.17, 15) is 13.4 Å². The summed E-state index contributed by atoms with van der Waals surface area (Å²) in [4.78, 5) is 13.5. The van der Waals surface area contributed by atoms with E-state index in [-0.39, 0.29) is 23.2 Å². The molecule has 1 N–H and O–H groups in total. The molecule has 7 heteroatoms. The summed E-state index contributed by atoms with van der Waals surface area (Å²) in [6.45, 7) is 2.14. The van der Waals surface area contributed by atoms with E-state index < -0.39 is 11.1 Å². The third kappa shape index (κ3) is 4.13. The van der Waals surface area contributed by atoms with Crippen LogP contribution in [0.5, 0.6) is 0 Å². The van der Waals surface area contributed by atoms with Gasteiger partial charge < -0.3 is 4.55 Å². The average molecular weight is 427 g/mol. The lowest BCUT2D eigenvalue weighted by Crippen LogP contribution is -2.30. The smallest absolute Gasteiger partial charge is 0.275 e. The second-order valence-electron chi connectivity index (χ2n) is 7.83. The molecule has 0 saturated heterocycles. The summed E-state index contributed by atoms with van der Waals surface area (Å²) < 4.78 is 35.2. The van der Waals surface area contributed by atoms with E-state index in [4.69, 9.17) is 4.55 Å². The zero-order valence-corrected chi connectivity index (χ0v) is 17.4. The maximum atomic E-state index is 13.5. The first kappa shape index (κ1) is 20.6. The van der Waals surface area contributed by atoms with Crippen LogP contribution < -0.4 is 5.56 Å². The van der Waals surface area contributed by atoms with E-state index in [2.05, 4.69) is 12.0 Å². The molecule has 3 unspecified atom stereocenters. The number of aromatic nitrogens is 2. The first-order chi connectivity index (χ1) is 14.4. The third-order valence-electron chi connectivity index (χ3n) is 5.82. The van der Waals surface area contributed by atoms with Crippen molar-refractivity contribution in [3.8, 4) is 22.3 Å². The number of hydrogen-bond acceptors (Lipinski definition) is 3. The Morgan fingerprint density at radius 3 is 2.37 bits per heavy atom. The molecule has 0 amide bonds. The van der Waals surface area contributed by atoms with Crippen LogP contribution in [0.2, 0.25) is 0 Å². The largest absolute Gasteiger partial charge is 0.306 e. The van der Waals surface area contributed by atoms with Gasteiger partial charge in [0.1, 0.15) is 5.82 Å². The van der Waals surface area contributed by atoms with Crippen molar-refractivity contribution in [2.75, 3.05) is 0 Å². The summed E-state index contributed by atoms with van der Waals surface area (Å²) in [6.07, 6.45) is 4.76. The van der Waals surface area contributed by atoms with Gasteiger partial charge in [0.25, 0.3) is 5.56 Å². The van der Waals surface area contributed by atoms with E-state index in [1.807, 2.05) is 12.1 Å². The maximum Gasteiger partial charge on any atom is 0.275 e. The van der Waals surface area contributed by atoms with E-state index in [1.54, 1.807) is 35.1 Å².